The van der Waals surface area contributed by atoms with E-state index >= 15 is 0 Å². The van der Waals surface area contributed by atoms with Crippen molar-refractivity contribution in [3.8, 4) is 5.75 Å². The van der Waals surface area contributed by atoms with Crippen molar-refractivity contribution in [2.75, 3.05) is 12.4 Å². The van der Waals surface area contributed by atoms with Gasteiger partial charge < -0.3 is 15.4 Å². The molecule has 2 N–H and O–H groups in total. The van der Waals surface area contributed by atoms with Gasteiger partial charge in [0.05, 0.1) is 12.6 Å². The summed E-state index contributed by atoms with van der Waals surface area (Å²) in [6.07, 6.45) is 0.591. The second-order valence-electron chi connectivity index (χ2n) is 6.80. The van der Waals surface area contributed by atoms with Crippen molar-refractivity contribution in [1.29, 1.82) is 0 Å². The number of hydrogen-bond acceptors (Lipinski definition) is 6. The van der Waals surface area contributed by atoms with Gasteiger partial charge in [0.15, 0.2) is 0 Å². The van der Waals surface area contributed by atoms with Crippen LogP contribution in [0.15, 0.2) is 48.5 Å². The van der Waals surface area contributed by atoms with E-state index in [9.17, 15) is 9.59 Å². The van der Waals surface area contributed by atoms with E-state index in [1.54, 1.807) is 7.11 Å². The lowest BCUT2D eigenvalue weighted by atomic mass is 10.1. The van der Waals surface area contributed by atoms with Crippen LogP contribution in [0.1, 0.15) is 23.2 Å². The molecular weight excluding hydrogens is 388 g/mol. The van der Waals surface area contributed by atoms with E-state index in [-0.39, 0.29) is 23.0 Å². The third-order valence-corrected chi connectivity index (χ3v) is 5.18. The Hall–Kier alpha value is -3.26. The summed E-state index contributed by atoms with van der Waals surface area (Å²) in [4.78, 5) is 29.4. The van der Waals surface area contributed by atoms with E-state index < -0.39 is 6.04 Å². The third-order valence-electron chi connectivity index (χ3n) is 4.90. The highest BCUT2D eigenvalue weighted by molar-refractivity contribution is 7.71. The van der Waals surface area contributed by atoms with E-state index in [0.717, 1.165) is 22.2 Å². The number of fused-ring (bicyclic) bond motifs is 3. The average molecular weight is 408 g/mol. The third kappa shape index (κ3) is 3.84. The summed E-state index contributed by atoms with van der Waals surface area (Å²) in [5.74, 6) is 1.09. The molecule has 0 radical (unpaired) electrons. The number of carbonyl (C=O) groups is 2. The number of para-hydroxylation sites is 1. The van der Waals surface area contributed by atoms with Crippen LogP contribution in [-0.2, 0) is 11.3 Å². The number of nitrogens with one attached hydrogen (secondary N) is 2. The number of hydrogen-bond donors (Lipinski definition) is 2. The maximum absolute atomic E-state index is 12.8. The molecule has 2 heterocycles. The summed E-state index contributed by atoms with van der Waals surface area (Å²) in [6.45, 7) is 0.405. The van der Waals surface area contributed by atoms with E-state index in [4.69, 9.17) is 17.0 Å². The van der Waals surface area contributed by atoms with Crippen LogP contribution in [0, 0.1) is 4.77 Å². The van der Waals surface area contributed by atoms with Gasteiger partial charge in [-0.25, -0.2) is 9.55 Å². The summed E-state index contributed by atoms with van der Waals surface area (Å²) in [5, 5.41) is 6.93. The number of nitrogens with zero attached hydrogens (tertiary/aromatic N) is 2. The largest absolute Gasteiger partial charge is 0.497 e. The second-order valence-corrected chi connectivity index (χ2v) is 7.16. The monoisotopic (exact) mass is 408 g/mol. The molecule has 1 amide bonds. The molecule has 4 rings (SSSR count). The summed E-state index contributed by atoms with van der Waals surface area (Å²) in [5.41, 5.74) is 1.68. The van der Waals surface area contributed by atoms with Gasteiger partial charge in [0, 0.05) is 18.4 Å². The lowest BCUT2D eigenvalue weighted by molar-refractivity contribution is -0.121. The van der Waals surface area contributed by atoms with E-state index in [1.165, 1.54) is 4.57 Å². The van der Waals surface area contributed by atoms with Crippen molar-refractivity contribution < 1.29 is 14.3 Å². The highest BCUT2D eigenvalue weighted by Gasteiger charge is 2.31. The Morgan fingerprint density at radius 1 is 1.28 bits per heavy atom. The minimum atomic E-state index is -0.508. The number of amides is 1. The molecule has 0 aliphatic carbocycles. The highest BCUT2D eigenvalue weighted by Crippen LogP contribution is 2.29. The van der Waals surface area contributed by atoms with Crippen molar-refractivity contribution in [2.45, 2.75) is 25.4 Å². The Balaban J connectivity index is 1.39. The lowest BCUT2D eigenvalue weighted by Gasteiger charge is -2.10. The fraction of sp³-hybridized carbons (Fsp3) is 0.238. The molecule has 0 spiro atoms. The van der Waals surface area contributed by atoms with Crippen LogP contribution in [0.25, 0.3) is 10.9 Å². The van der Waals surface area contributed by atoms with Crippen LogP contribution in [0.4, 0.5) is 5.82 Å². The van der Waals surface area contributed by atoms with Gasteiger partial charge in [-0.1, -0.05) is 24.3 Å². The van der Waals surface area contributed by atoms with Crippen LogP contribution in [0.2, 0.25) is 0 Å². The predicted molar refractivity (Wildman–Crippen MR) is 113 cm³/mol. The summed E-state index contributed by atoms with van der Waals surface area (Å²) in [6, 6.07) is 14.5. The van der Waals surface area contributed by atoms with Gasteiger partial charge in [0.25, 0.3) is 5.91 Å². The number of carbonyl (C=O) groups excluding carboxylic acids is 2. The molecule has 3 aromatic rings. The molecule has 1 aliphatic heterocycles. The Kier molecular flexibility index (Phi) is 5.26. The minimum absolute atomic E-state index is 0.120. The Labute approximate surface area is 172 Å². The quantitative estimate of drug-likeness (QED) is 0.609. The zero-order chi connectivity index (χ0) is 20.4. The van der Waals surface area contributed by atoms with Crippen molar-refractivity contribution >= 4 is 40.8 Å². The first-order valence-corrected chi connectivity index (χ1v) is 9.70. The van der Waals surface area contributed by atoms with Crippen LogP contribution in [0.3, 0.4) is 0 Å². The Morgan fingerprint density at radius 2 is 2.10 bits per heavy atom. The van der Waals surface area contributed by atoms with E-state index in [2.05, 4.69) is 15.6 Å². The van der Waals surface area contributed by atoms with Crippen LogP contribution < -0.4 is 15.4 Å². The molecule has 8 heteroatoms. The summed E-state index contributed by atoms with van der Waals surface area (Å²) in [7, 11) is 1.60. The first kappa shape index (κ1) is 19.1. The van der Waals surface area contributed by atoms with Crippen molar-refractivity contribution in [3.63, 3.8) is 0 Å². The first-order valence-electron chi connectivity index (χ1n) is 9.29. The number of methoxy groups -OCH3 is 1. The average Bonchev–Trinajstić information content (AvgIpc) is 3.08. The topological polar surface area (TPSA) is 85.2 Å². The number of rotatable bonds is 6. The Bertz CT molecular complexity index is 1160. The van der Waals surface area contributed by atoms with Gasteiger partial charge in [-0.2, -0.15) is 0 Å². The molecule has 148 valence electrons. The zero-order valence-electron chi connectivity index (χ0n) is 15.8. The first-order chi connectivity index (χ1) is 14.1. The number of ether oxygens (including phenoxy) is 1. The highest BCUT2D eigenvalue weighted by atomic mass is 32.1. The molecular formula is C21H20N4O3S. The lowest BCUT2D eigenvalue weighted by Crippen LogP contribution is -2.29. The van der Waals surface area contributed by atoms with Gasteiger partial charge in [-0.15, -0.1) is 0 Å². The van der Waals surface area contributed by atoms with E-state index in [1.807, 2.05) is 48.5 Å². The second kappa shape index (κ2) is 8.00. The molecule has 0 bridgehead atoms. The maximum atomic E-state index is 12.8. The fourth-order valence-electron chi connectivity index (χ4n) is 3.41. The van der Waals surface area contributed by atoms with Crippen molar-refractivity contribution in [2.24, 2.45) is 0 Å². The number of benzene rings is 2. The van der Waals surface area contributed by atoms with Crippen molar-refractivity contribution in [1.82, 2.24) is 14.9 Å². The molecule has 0 saturated heterocycles. The molecule has 0 unspecified atom stereocenters. The molecule has 1 aliphatic rings. The van der Waals surface area contributed by atoms with E-state index in [0.29, 0.717) is 18.8 Å². The molecule has 1 aromatic heterocycles. The van der Waals surface area contributed by atoms with Gasteiger partial charge in [-0.05, 0) is 48.5 Å². The zero-order valence-corrected chi connectivity index (χ0v) is 16.7. The number of aromatic nitrogens is 2. The molecule has 29 heavy (non-hydrogen) atoms. The molecule has 2 aromatic carbocycles. The summed E-state index contributed by atoms with van der Waals surface area (Å²) < 4.78 is 6.84. The summed E-state index contributed by atoms with van der Waals surface area (Å²) >= 11 is 5.29. The molecule has 0 saturated carbocycles. The maximum Gasteiger partial charge on any atom is 0.257 e. The van der Waals surface area contributed by atoms with Crippen molar-refractivity contribution in [3.05, 3.63) is 58.9 Å². The van der Waals surface area contributed by atoms with Gasteiger partial charge in [0.2, 0.25) is 10.7 Å². The molecule has 1 atom stereocenters. The van der Waals surface area contributed by atoms with Crippen LogP contribution in [0.5, 0.6) is 5.75 Å². The molecule has 7 nitrogen and oxygen atoms in total. The minimum Gasteiger partial charge on any atom is -0.497 e. The predicted octanol–water partition coefficient (Wildman–Crippen LogP) is 3.31. The standard InChI is InChI=1S/C21H20N4O3S/c1-28-14-6-4-5-13(11-14)12-22-18(26)10-9-17-20(27)25-19(23-17)15-7-2-3-8-16(15)24-21(25)29/h2-8,11,17,23H,9-10,12H2,1H3,(H,22,26)/t17-/m1/s1. The SMILES string of the molecule is COc1cccc(CNC(=O)CC[C@H]2Nc3c4ccccc4nc(=S)n3C2=O)c1. The normalized spacial score (nSPS) is 15.1. The van der Waals surface area contributed by atoms with Gasteiger partial charge in [0.1, 0.15) is 17.6 Å². The van der Waals surface area contributed by atoms with Crippen LogP contribution >= 0.6 is 12.2 Å². The van der Waals surface area contributed by atoms with Gasteiger partial charge >= 0.3 is 0 Å². The molecule has 0 fully saturated rings. The fourth-order valence-corrected chi connectivity index (χ4v) is 3.69. The van der Waals surface area contributed by atoms with Crippen LogP contribution in [-0.4, -0.2) is 34.5 Å². The van der Waals surface area contributed by atoms with Gasteiger partial charge in [-0.3, -0.25) is 9.59 Å². The smallest absolute Gasteiger partial charge is 0.257 e. The number of anilines is 1. The Morgan fingerprint density at radius 3 is 2.93 bits per heavy atom.